The van der Waals surface area contributed by atoms with Crippen LogP contribution in [0, 0.1) is 0 Å². The normalized spacial score (nSPS) is 16.7. The number of primary amides is 1. The minimum Gasteiger partial charge on any atom is -0.373 e. The van der Waals surface area contributed by atoms with Gasteiger partial charge in [-0.2, -0.15) is 36.1 Å². The van der Waals surface area contributed by atoms with E-state index in [1.165, 1.54) is 12.4 Å². The molecule has 0 bridgehead atoms. The van der Waals surface area contributed by atoms with Crippen molar-refractivity contribution in [2.24, 2.45) is 5.73 Å². The Kier molecular flexibility index (Phi) is 6.00. The zero-order valence-corrected chi connectivity index (χ0v) is 17.5. The van der Waals surface area contributed by atoms with E-state index in [1.807, 2.05) is 0 Å². The highest BCUT2D eigenvalue weighted by Gasteiger charge is 2.37. The first kappa shape index (κ1) is 24.2. The Morgan fingerprint density at radius 1 is 1.06 bits per heavy atom. The van der Waals surface area contributed by atoms with E-state index >= 15 is 0 Å². The molecule has 0 unspecified atom stereocenters. The van der Waals surface area contributed by atoms with Gasteiger partial charge in [0.25, 0.3) is 5.91 Å². The van der Waals surface area contributed by atoms with Crippen LogP contribution in [0.5, 0.6) is 0 Å². The summed E-state index contributed by atoms with van der Waals surface area (Å²) in [6, 6.07) is 2.23. The van der Waals surface area contributed by atoms with Crippen molar-refractivity contribution in [1.82, 2.24) is 19.3 Å². The number of alkyl halides is 6. The number of carbonyl (C=O) groups is 1. The molecule has 0 aliphatic carbocycles. The number of aromatic nitrogens is 4. The Hall–Kier alpha value is -3.94. The van der Waals surface area contributed by atoms with E-state index in [2.05, 4.69) is 10.1 Å². The first-order chi connectivity index (χ1) is 16.3. The van der Waals surface area contributed by atoms with Crippen LogP contribution in [0.1, 0.15) is 34.8 Å². The molecule has 0 spiro atoms. The summed E-state index contributed by atoms with van der Waals surface area (Å²) in [5.41, 5.74) is 0.995. The Morgan fingerprint density at radius 3 is 2.20 bits per heavy atom. The average Bonchev–Trinajstić information content (AvgIpc) is 3.09. The molecule has 8 nitrogen and oxygen atoms in total. The second-order valence-corrected chi connectivity index (χ2v) is 7.56. The number of nitrogens with zero attached hydrogens (tertiary/aromatic N) is 4. The maximum atomic E-state index is 13.2. The maximum Gasteiger partial charge on any atom is 0.416 e. The van der Waals surface area contributed by atoms with Crippen LogP contribution < -0.4 is 11.4 Å². The van der Waals surface area contributed by atoms with Crippen molar-refractivity contribution in [3.63, 3.8) is 0 Å². The van der Waals surface area contributed by atoms with Crippen LogP contribution in [0.25, 0.3) is 17.5 Å². The van der Waals surface area contributed by atoms with E-state index in [0.717, 1.165) is 18.9 Å². The summed E-state index contributed by atoms with van der Waals surface area (Å²) in [5, 5.41) is 3.61. The smallest absolute Gasteiger partial charge is 0.373 e. The molecule has 1 atom stereocenters. The molecule has 4 rings (SSSR count). The van der Waals surface area contributed by atoms with E-state index in [-0.39, 0.29) is 23.3 Å². The number of ether oxygens (including phenoxy) is 1. The minimum atomic E-state index is -5.11. The molecule has 0 radical (unpaired) electrons. The van der Waals surface area contributed by atoms with E-state index in [9.17, 15) is 35.9 Å². The lowest BCUT2D eigenvalue weighted by Gasteiger charge is -2.26. The molecular weight excluding hydrogens is 484 g/mol. The summed E-state index contributed by atoms with van der Waals surface area (Å²) in [6.07, 6.45) is -5.07. The number of hydrogen-bond acceptors (Lipinski definition) is 5. The van der Waals surface area contributed by atoms with E-state index < -0.39 is 40.8 Å². The van der Waals surface area contributed by atoms with Crippen LogP contribution >= 0.6 is 0 Å². The van der Waals surface area contributed by atoms with Gasteiger partial charge in [-0.1, -0.05) is 0 Å². The topological polar surface area (TPSA) is 105 Å². The summed E-state index contributed by atoms with van der Waals surface area (Å²) >= 11 is 0. The molecule has 184 valence electrons. The minimum absolute atomic E-state index is 0.0670. The molecule has 35 heavy (non-hydrogen) atoms. The third kappa shape index (κ3) is 4.96. The van der Waals surface area contributed by atoms with Crippen molar-refractivity contribution in [2.45, 2.75) is 24.9 Å². The van der Waals surface area contributed by atoms with Crippen molar-refractivity contribution in [3.8, 4) is 5.69 Å². The number of pyridine rings is 1. The zero-order valence-electron chi connectivity index (χ0n) is 17.5. The van der Waals surface area contributed by atoms with Crippen LogP contribution in [-0.2, 0) is 21.9 Å². The molecular formula is C21H15F6N5O3. The SMILES string of the molecule is NC(=O)/C(=C/n1cnn(-c2cc(C(F)(F)F)cc(C(F)(F)F)c2)c1=O)c1cncc([C@@H]2CCO2)c1. The lowest BCUT2D eigenvalue weighted by atomic mass is 10.0. The van der Waals surface area contributed by atoms with Crippen molar-refractivity contribution in [2.75, 3.05) is 6.61 Å². The number of rotatable bonds is 5. The summed E-state index contributed by atoms with van der Waals surface area (Å²) in [6.45, 7) is 0.563. The van der Waals surface area contributed by atoms with Gasteiger partial charge in [0.05, 0.1) is 35.1 Å². The standard InChI is InChI=1S/C21H15F6N5O3/c22-20(23,24)13-4-14(21(25,26)27)6-15(5-13)32-19(34)31(10-30-32)9-16(18(28)33)11-3-12(8-29-7-11)17-1-2-35-17/h3-10,17H,1-2H2,(H2,28,33)/b16-9+/t17-/m0/s1. The van der Waals surface area contributed by atoms with E-state index in [0.29, 0.717) is 33.6 Å². The summed E-state index contributed by atoms with van der Waals surface area (Å²) < 4.78 is 85.4. The lowest BCUT2D eigenvalue weighted by molar-refractivity contribution is -0.143. The molecule has 1 amide bonds. The Bertz CT molecular complexity index is 1340. The van der Waals surface area contributed by atoms with E-state index in [1.54, 1.807) is 6.07 Å². The van der Waals surface area contributed by atoms with Gasteiger partial charge < -0.3 is 10.5 Å². The van der Waals surface area contributed by atoms with Gasteiger partial charge in [-0.05, 0) is 29.8 Å². The first-order valence-corrected chi connectivity index (χ1v) is 9.89. The fourth-order valence-corrected chi connectivity index (χ4v) is 3.34. The largest absolute Gasteiger partial charge is 0.416 e. The highest BCUT2D eigenvalue weighted by molar-refractivity contribution is 6.22. The van der Waals surface area contributed by atoms with Gasteiger partial charge >= 0.3 is 18.0 Å². The van der Waals surface area contributed by atoms with Crippen LogP contribution in [0.15, 0.2) is 47.8 Å². The Labute approximate surface area is 192 Å². The number of amides is 1. The number of nitrogens with two attached hydrogens (primary N) is 1. The summed E-state index contributed by atoms with van der Waals surface area (Å²) in [5.74, 6) is -0.962. The zero-order chi connectivity index (χ0) is 25.5. The maximum absolute atomic E-state index is 13.2. The quantitative estimate of drug-likeness (QED) is 0.428. The molecule has 1 fully saturated rings. The van der Waals surface area contributed by atoms with Crippen molar-refractivity contribution in [3.05, 3.63) is 75.7 Å². The van der Waals surface area contributed by atoms with Gasteiger partial charge in [0.1, 0.15) is 6.33 Å². The second-order valence-electron chi connectivity index (χ2n) is 7.56. The van der Waals surface area contributed by atoms with Gasteiger partial charge in [-0.25, -0.2) is 4.79 Å². The van der Waals surface area contributed by atoms with Gasteiger partial charge in [-0.15, -0.1) is 0 Å². The molecule has 3 aromatic rings. The predicted molar refractivity (Wildman–Crippen MR) is 109 cm³/mol. The Balaban J connectivity index is 1.79. The van der Waals surface area contributed by atoms with Crippen molar-refractivity contribution >= 4 is 17.7 Å². The third-order valence-electron chi connectivity index (χ3n) is 5.19. The lowest BCUT2D eigenvalue weighted by Crippen LogP contribution is -2.23. The summed E-state index contributed by atoms with van der Waals surface area (Å²) in [7, 11) is 0. The van der Waals surface area contributed by atoms with Crippen LogP contribution in [0.4, 0.5) is 26.3 Å². The average molecular weight is 499 g/mol. The number of halogens is 6. The third-order valence-corrected chi connectivity index (χ3v) is 5.19. The molecule has 1 aliphatic heterocycles. The monoisotopic (exact) mass is 499 g/mol. The molecule has 2 aromatic heterocycles. The van der Waals surface area contributed by atoms with Crippen LogP contribution in [0.2, 0.25) is 0 Å². The molecule has 14 heteroatoms. The van der Waals surface area contributed by atoms with Gasteiger partial charge in [0.15, 0.2) is 0 Å². The van der Waals surface area contributed by atoms with E-state index in [4.69, 9.17) is 10.5 Å². The highest BCUT2D eigenvalue weighted by atomic mass is 19.4. The van der Waals surface area contributed by atoms with Crippen molar-refractivity contribution in [1.29, 1.82) is 0 Å². The number of carbonyl (C=O) groups excluding carboxylic acids is 1. The molecule has 1 aromatic carbocycles. The highest BCUT2D eigenvalue weighted by Crippen LogP contribution is 2.37. The molecule has 1 saturated heterocycles. The number of benzene rings is 1. The molecule has 0 saturated carbocycles. The van der Waals surface area contributed by atoms with Gasteiger partial charge in [0.2, 0.25) is 0 Å². The molecule has 2 N–H and O–H groups in total. The predicted octanol–water partition coefficient (Wildman–Crippen LogP) is 3.41. The van der Waals surface area contributed by atoms with Crippen LogP contribution in [-0.4, -0.2) is 31.8 Å². The molecule has 1 aliphatic rings. The summed E-state index contributed by atoms with van der Waals surface area (Å²) in [4.78, 5) is 28.9. The van der Waals surface area contributed by atoms with Crippen LogP contribution in [0.3, 0.4) is 0 Å². The first-order valence-electron chi connectivity index (χ1n) is 9.89. The van der Waals surface area contributed by atoms with Crippen molar-refractivity contribution < 1.29 is 35.9 Å². The van der Waals surface area contributed by atoms with Gasteiger partial charge in [0, 0.05) is 30.6 Å². The fourth-order valence-electron chi connectivity index (χ4n) is 3.34. The fraction of sp³-hybridized carbons (Fsp3) is 0.238. The number of hydrogen-bond donors (Lipinski definition) is 1. The Morgan fingerprint density at radius 2 is 1.69 bits per heavy atom. The van der Waals surface area contributed by atoms with Gasteiger partial charge in [-0.3, -0.25) is 14.3 Å². The second kappa shape index (κ2) is 8.69. The molecule has 3 heterocycles.